The molecule has 96 valence electrons. The predicted octanol–water partition coefficient (Wildman–Crippen LogP) is 2.70. The molecule has 1 aromatic carbocycles. The zero-order chi connectivity index (χ0) is 13.1. The summed E-state index contributed by atoms with van der Waals surface area (Å²) in [5.74, 6) is 1.01. The quantitative estimate of drug-likeness (QED) is 0.898. The summed E-state index contributed by atoms with van der Waals surface area (Å²) < 4.78 is 1.99. The molecule has 0 aliphatic carbocycles. The van der Waals surface area contributed by atoms with Crippen molar-refractivity contribution in [3.8, 4) is 0 Å². The molecule has 1 heterocycles. The summed E-state index contributed by atoms with van der Waals surface area (Å²) in [6.07, 6.45) is 4.79. The van der Waals surface area contributed by atoms with Gasteiger partial charge in [0.25, 0.3) is 0 Å². The van der Waals surface area contributed by atoms with Crippen LogP contribution in [0, 0.1) is 13.8 Å². The van der Waals surface area contributed by atoms with Crippen LogP contribution in [0.4, 0.5) is 0 Å². The van der Waals surface area contributed by atoms with Crippen LogP contribution >= 0.6 is 0 Å². The SMILES string of the molecule is Cc1cc(C)cc(C(O)CCc2nccn2C)c1. The molecule has 1 aromatic heterocycles. The maximum atomic E-state index is 10.2. The minimum atomic E-state index is -0.416. The van der Waals surface area contributed by atoms with Gasteiger partial charge >= 0.3 is 0 Å². The lowest BCUT2D eigenvalue weighted by Gasteiger charge is -2.12. The molecule has 0 saturated carbocycles. The fourth-order valence-electron chi connectivity index (χ4n) is 2.27. The van der Waals surface area contributed by atoms with E-state index in [0.29, 0.717) is 6.42 Å². The number of aromatic nitrogens is 2. The van der Waals surface area contributed by atoms with Crippen molar-refractivity contribution in [1.29, 1.82) is 0 Å². The first kappa shape index (κ1) is 12.8. The molecule has 3 nitrogen and oxygen atoms in total. The van der Waals surface area contributed by atoms with Crippen molar-refractivity contribution in [2.45, 2.75) is 32.8 Å². The van der Waals surface area contributed by atoms with Crippen LogP contribution < -0.4 is 0 Å². The number of imidazole rings is 1. The Bertz CT molecular complexity index is 511. The minimum Gasteiger partial charge on any atom is -0.388 e. The molecule has 0 bridgehead atoms. The van der Waals surface area contributed by atoms with E-state index in [-0.39, 0.29) is 0 Å². The Hall–Kier alpha value is -1.61. The smallest absolute Gasteiger partial charge is 0.108 e. The molecule has 2 rings (SSSR count). The van der Waals surface area contributed by atoms with Gasteiger partial charge in [0.05, 0.1) is 6.10 Å². The number of aliphatic hydroxyl groups excluding tert-OH is 1. The van der Waals surface area contributed by atoms with Gasteiger partial charge in [0, 0.05) is 25.9 Å². The maximum Gasteiger partial charge on any atom is 0.108 e. The van der Waals surface area contributed by atoms with Crippen molar-refractivity contribution in [3.63, 3.8) is 0 Å². The average Bonchev–Trinajstić information content (AvgIpc) is 2.70. The van der Waals surface area contributed by atoms with Crippen molar-refractivity contribution < 1.29 is 5.11 Å². The molecule has 0 spiro atoms. The van der Waals surface area contributed by atoms with E-state index >= 15 is 0 Å². The highest BCUT2D eigenvalue weighted by molar-refractivity contribution is 5.29. The third-order valence-electron chi connectivity index (χ3n) is 3.19. The number of benzene rings is 1. The second-order valence-electron chi connectivity index (χ2n) is 4.93. The average molecular weight is 244 g/mol. The van der Waals surface area contributed by atoms with Crippen molar-refractivity contribution in [2.75, 3.05) is 0 Å². The molecule has 0 fully saturated rings. The monoisotopic (exact) mass is 244 g/mol. The first-order valence-corrected chi connectivity index (χ1v) is 6.28. The van der Waals surface area contributed by atoms with Gasteiger partial charge in [-0.3, -0.25) is 0 Å². The normalized spacial score (nSPS) is 12.7. The number of aliphatic hydroxyl groups is 1. The van der Waals surface area contributed by atoms with Crippen LogP contribution in [-0.2, 0) is 13.5 Å². The first-order valence-electron chi connectivity index (χ1n) is 6.28. The van der Waals surface area contributed by atoms with E-state index in [4.69, 9.17) is 0 Å². The zero-order valence-corrected chi connectivity index (χ0v) is 11.2. The Morgan fingerprint density at radius 2 is 1.89 bits per heavy atom. The Kier molecular flexibility index (Phi) is 3.82. The largest absolute Gasteiger partial charge is 0.388 e. The van der Waals surface area contributed by atoms with Crippen molar-refractivity contribution in [2.24, 2.45) is 7.05 Å². The molecule has 3 heteroatoms. The van der Waals surface area contributed by atoms with E-state index in [0.717, 1.165) is 17.8 Å². The molecular weight excluding hydrogens is 224 g/mol. The van der Waals surface area contributed by atoms with Gasteiger partial charge in [0.2, 0.25) is 0 Å². The highest BCUT2D eigenvalue weighted by Gasteiger charge is 2.10. The zero-order valence-electron chi connectivity index (χ0n) is 11.2. The predicted molar refractivity (Wildman–Crippen MR) is 72.4 cm³/mol. The van der Waals surface area contributed by atoms with E-state index in [2.05, 4.69) is 37.0 Å². The molecule has 0 aliphatic rings. The summed E-state index contributed by atoms with van der Waals surface area (Å²) in [5, 5.41) is 10.2. The van der Waals surface area contributed by atoms with E-state index in [1.165, 1.54) is 11.1 Å². The molecule has 0 amide bonds. The minimum absolute atomic E-state index is 0.416. The van der Waals surface area contributed by atoms with Gasteiger partial charge in [-0.2, -0.15) is 0 Å². The van der Waals surface area contributed by atoms with Crippen LogP contribution in [0.3, 0.4) is 0 Å². The van der Waals surface area contributed by atoms with Gasteiger partial charge in [-0.1, -0.05) is 29.3 Å². The van der Waals surface area contributed by atoms with Gasteiger partial charge in [0.1, 0.15) is 5.82 Å². The van der Waals surface area contributed by atoms with E-state index in [9.17, 15) is 5.11 Å². The standard InChI is InChI=1S/C15H20N2O/c1-11-8-12(2)10-13(9-11)14(18)4-5-15-16-6-7-17(15)3/h6-10,14,18H,4-5H2,1-3H3. The lowest BCUT2D eigenvalue weighted by Crippen LogP contribution is -2.04. The van der Waals surface area contributed by atoms with Crippen molar-refractivity contribution in [3.05, 3.63) is 53.1 Å². The van der Waals surface area contributed by atoms with Crippen LogP contribution in [0.1, 0.15) is 35.0 Å². The molecule has 1 N–H and O–H groups in total. The molecule has 1 atom stereocenters. The fraction of sp³-hybridized carbons (Fsp3) is 0.400. The van der Waals surface area contributed by atoms with Crippen molar-refractivity contribution >= 4 is 0 Å². The van der Waals surface area contributed by atoms with E-state index < -0.39 is 6.10 Å². The molecule has 0 aliphatic heterocycles. The summed E-state index contributed by atoms with van der Waals surface area (Å²) in [6.45, 7) is 4.12. The molecular formula is C15H20N2O. The fourth-order valence-corrected chi connectivity index (χ4v) is 2.27. The molecule has 0 saturated heterocycles. The second-order valence-corrected chi connectivity index (χ2v) is 4.93. The summed E-state index contributed by atoms with van der Waals surface area (Å²) in [5.41, 5.74) is 3.39. The van der Waals surface area contributed by atoms with Crippen LogP contribution in [0.2, 0.25) is 0 Å². The Balaban J connectivity index is 2.03. The van der Waals surface area contributed by atoms with E-state index in [1.807, 2.05) is 17.8 Å². The van der Waals surface area contributed by atoms with Crippen LogP contribution in [-0.4, -0.2) is 14.7 Å². The summed E-state index contributed by atoms with van der Waals surface area (Å²) >= 11 is 0. The molecule has 0 radical (unpaired) electrons. The van der Waals surface area contributed by atoms with Gasteiger partial charge < -0.3 is 9.67 Å². The summed E-state index contributed by atoms with van der Waals surface area (Å²) in [6, 6.07) is 6.22. The topological polar surface area (TPSA) is 38.1 Å². The number of hydrogen-bond donors (Lipinski definition) is 1. The van der Waals surface area contributed by atoms with E-state index in [1.54, 1.807) is 6.20 Å². The number of hydrogen-bond acceptors (Lipinski definition) is 2. The second kappa shape index (κ2) is 5.36. The molecule has 18 heavy (non-hydrogen) atoms. The number of nitrogens with zero attached hydrogens (tertiary/aromatic N) is 2. The lowest BCUT2D eigenvalue weighted by atomic mass is 10.00. The van der Waals surface area contributed by atoms with Crippen LogP contribution in [0.15, 0.2) is 30.6 Å². The third-order valence-corrected chi connectivity index (χ3v) is 3.19. The molecule has 2 aromatic rings. The lowest BCUT2D eigenvalue weighted by molar-refractivity contribution is 0.166. The summed E-state index contributed by atoms with van der Waals surface area (Å²) in [4.78, 5) is 4.27. The Morgan fingerprint density at radius 1 is 1.22 bits per heavy atom. The highest BCUT2D eigenvalue weighted by Crippen LogP contribution is 2.21. The highest BCUT2D eigenvalue weighted by atomic mass is 16.3. The van der Waals surface area contributed by atoms with Crippen molar-refractivity contribution in [1.82, 2.24) is 9.55 Å². The first-order chi connectivity index (χ1) is 8.56. The van der Waals surface area contributed by atoms with Gasteiger partial charge in [-0.15, -0.1) is 0 Å². The maximum absolute atomic E-state index is 10.2. The Labute approximate surface area is 108 Å². The number of aryl methyl sites for hydroxylation is 4. The summed E-state index contributed by atoms with van der Waals surface area (Å²) in [7, 11) is 1.98. The number of rotatable bonds is 4. The Morgan fingerprint density at radius 3 is 2.44 bits per heavy atom. The molecule has 1 unspecified atom stereocenters. The third kappa shape index (κ3) is 2.99. The van der Waals surface area contributed by atoms with Crippen LogP contribution in [0.5, 0.6) is 0 Å². The van der Waals surface area contributed by atoms with Gasteiger partial charge in [0.15, 0.2) is 0 Å². The van der Waals surface area contributed by atoms with Gasteiger partial charge in [-0.05, 0) is 25.8 Å². The van der Waals surface area contributed by atoms with Gasteiger partial charge in [-0.25, -0.2) is 4.98 Å². The van der Waals surface area contributed by atoms with Crippen LogP contribution in [0.25, 0.3) is 0 Å².